The molecule has 3 aromatic rings. The summed E-state index contributed by atoms with van der Waals surface area (Å²) in [5.41, 5.74) is 8.96. The van der Waals surface area contributed by atoms with Gasteiger partial charge >= 0.3 is 0 Å². The number of rotatable bonds is 2. The molecule has 5 nitrogen and oxygen atoms in total. The van der Waals surface area contributed by atoms with Crippen LogP contribution in [0.2, 0.25) is 0 Å². The molecule has 0 saturated heterocycles. The molecule has 0 radical (unpaired) electrons. The van der Waals surface area contributed by atoms with Crippen molar-refractivity contribution in [3.8, 4) is 10.6 Å². The number of nitrogen functional groups attached to an aromatic ring is 1. The van der Waals surface area contributed by atoms with Gasteiger partial charge in [-0.2, -0.15) is 9.61 Å². The molecule has 0 spiro atoms. The van der Waals surface area contributed by atoms with E-state index in [2.05, 4.69) is 16.3 Å². The van der Waals surface area contributed by atoms with Crippen LogP contribution in [0.15, 0.2) is 18.2 Å². The van der Waals surface area contributed by atoms with E-state index >= 15 is 0 Å². The van der Waals surface area contributed by atoms with Gasteiger partial charge in [-0.1, -0.05) is 36.3 Å². The summed E-state index contributed by atoms with van der Waals surface area (Å²) in [5.74, 6) is 1.53. The molecule has 0 amide bonds. The number of benzene rings is 1. The zero-order chi connectivity index (χ0) is 14.4. The molecule has 0 aliphatic heterocycles. The normalized spacial score (nSPS) is 16.0. The van der Waals surface area contributed by atoms with Crippen molar-refractivity contribution in [3.05, 3.63) is 29.6 Å². The van der Waals surface area contributed by atoms with Crippen LogP contribution in [-0.4, -0.2) is 19.8 Å². The van der Waals surface area contributed by atoms with Crippen molar-refractivity contribution in [3.63, 3.8) is 0 Å². The average Bonchev–Trinajstić information content (AvgIpc) is 3.16. The smallest absolute Gasteiger partial charge is 0.234 e. The molecule has 1 aliphatic carbocycles. The highest BCUT2D eigenvalue weighted by Gasteiger charge is 2.24. The third kappa shape index (κ3) is 2.01. The standard InChI is InChI=1S/C15H17N5S/c1-9-11(7-4-8-12(9)16)14-19-20-13(10-5-2-3-6-10)17-18-15(20)21-14/h4,7-8,10H,2-3,5-6,16H2,1H3. The Morgan fingerprint density at radius 1 is 1.24 bits per heavy atom. The fourth-order valence-corrected chi connectivity index (χ4v) is 3.99. The van der Waals surface area contributed by atoms with Gasteiger partial charge in [0.05, 0.1) is 0 Å². The van der Waals surface area contributed by atoms with Gasteiger partial charge in [0.2, 0.25) is 4.96 Å². The van der Waals surface area contributed by atoms with Crippen LogP contribution in [-0.2, 0) is 0 Å². The second-order valence-corrected chi connectivity index (χ2v) is 6.62. The lowest BCUT2D eigenvalue weighted by Gasteiger charge is -2.05. The highest BCUT2D eigenvalue weighted by atomic mass is 32.1. The minimum Gasteiger partial charge on any atom is -0.398 e. The van der Waals surface area contributed by atoms with E-state index in [1.807, 2.05) is 23.6 Å². The monoisotopic (exact) mass is 299 g/mol. The van der Waals surface area contributed by atoms with Gasteiger partial charge < -0.3 is 5.73 Å². The summed E-state index contributed by atoms with van der Waals surface area (Å²) < 4.78 is 1.93. The number of nitrogens with two attached hydrogens (primary N) is 1. The highest BCUT2D eigenvalue weighted by Crippen LogP contribution is 2.35. The van der Waals surface area contributed by atoms with Crippen molar-refractivity contribution in [1.29, 1.82) is 0 Å². The van der Waals surface area contributed by atoms with E-state index in [1.165, 1.54) is 25.7 Å². The molecule has 0 atom stereocenters. The van der Waals surface area contributed by atoms with Crippen LogP contribution in [0.3, 0.4) is 0 Å². The molecule has 2 N–H and O–H groups in total. The fourth-order valence-electron chi connectivity index (χ4n) is 3.06. The molecular weight excluding hydrogens is 282 g/mol. The fraction of sp³-hybridized carbons (Fsp3) is 0.400. The Balaban J connectivity index is 1.82. The number of hydrogen-bond donors (Lipinski definition) is 1. The van der Waals surface area contributed by atoms with Crippen LogP contribution in [0.4, 0.5) is 5.69 Å². The van der Waals surface area contributed by atoms with Gasteiger partial charge in [-0.3, -0.25) is 0 Å². The maximum Gasteiger partial charge on any atom is 0.234 e. The first-order valence-corrected chi connectivity index (χ1v) is 8.13. The SMILES string of the molecule is Cc1c(N)cccc1-c1nn2c(C3CCCC3)nnc2s1. The lowest BCUT2D eigenvalue weighted by molar-refractivity contribution is 0.641. The van der Waals surface area contributed by atoms with Gasteiger partial charge in [0, 0.05) is 17.2 Å². The number of fused-ring (bicyclic) bond motifs is 1. The van der Waals surface area contributed by atoms with Crippen LogP contribution < -0.4 is 5.73 Å². The molecular formula is C15H17N5S. The van der Waals surface area contributed by atoms with Gasteiger partial charge in [-0.05, 0) is 31.4 Å². The number of nitrogens with zero attached hydrogens (tertiary/aromatic N) is 4. The number of aromatic nitrogens is 4. The quantitative estimate of drug-likeness (QED) is 0.736. The minimum atomic E-state index is 0.511. The summed E-state index contributed by atoms with van der Waals surface area (Å²) in [6, 6.07) is 5.95. The van der Waals surface area contributed by atoms with E-state index in [0.717, 1.165) is 32.6 Å². The molecule has 108 valence electrons. The molecule has 0 bridgehead atoms. The Kier molecular flexibility index (Phi) is 2.92. The number of anilines is 1. The Morgan fingerprint density at radius 3 is 2.86 bits per heavy atom. The van der Waals surface area contributed by atoms with E-state index in [9.17, 15) is 0 Å². The maximum atomic E-state index is 6.00. The molecule has 2 aromatic heterocycles. The first kappa shape index (κ1) is 12.8. The van der Waals surface area contributed by atoms with Gasteiger partial charge in [0.1, 0.15) is 5.01 Å². The van der Waals surface area contributed by atoms with Gasteiger partial charge in [-0.25, -0.2) is 0 Å². The Hall–Kier alpha value is -1.95. The second-order valence-electron chi connectivity index (χ2n) is 5.66. The lowest BCUT2D eigenvalue weighted by atomic mass is 10.1. The van der Waals surface area contributed by atoms with Crippen molar-refractivity contribution in [2.75, 3.05) is 5.73 Å². The first-order valence-electron chi connectivity index (χ1n) is 7.31. The van der Waals surface area contributed by atoms with Gasteiger partial charge in [0.25, 0.3) is 0 Å². The van der Waals surface area contributed by atoms with E-state index < -0.39 is 0 Å². The van der Waals surface area contributed by atoms with Crippen molar-refractivity contribution >= 4 is 22.0 Å². The molecule has 0 unspecified atom stereocenters. The second kappa shape index (κ2) is 4.80. The molecule has 6 heteroatoms. The van der Waals surface area contributed by atoms with Crippen molar-refractivity contribution in [2.45, 2.75) is 38.5 Å². The van der Waals surface area contributed by atoms with Crippen LogP contribution >= 0.6 is 11.3 Å². The third-order valence-corrected chi connectivity index (χ3v) is 5.27. The summed E-state index contributed by atoms with van der Waals surface area (Å²) in [6.07, 6.45) is 4.96. The zero-order valence-corrected chi connectivity index (χ0v) is 12.7. The molecule has 2 heterocycles. The van der Waals surface area contributed by atoms with E-state index in [-0.39, 0.29) is 0 Å². The Labute approximate surface area is 126 Å². The topological polar surface area (TPSA) is 69.1 Å². The lowest BCUT2D eigenvalue weighted by Crippen LogP contribution is -2.01. The summed E-state index contributed by atoms with van der Waals surface area (Å²) in [7, 11) is 0. The molecule has 4 rings (SSSR count). The predicted octanol–water partition coefficient (Wildman–Crippen LogP) is 3.40. The predicted molar refractivity (Wildman–Crippen MR) is 84.5 cm³/mol. The third-order valence-electron chi connectivity index (χ3n) is 4.34. The van der Waals surface area contributed by atoms with Gasteiger partial charge in [0.15, 0.2) is 5.82 Å². The highest BCUT2D eigenvalue weighted by molar-refractivity contribution is 7.19. The van der Waals surface area contributed by atoms with Crippen molar-refractivity contribution in [1.82, 2.24) is 19.8 Å². The van der Waals surface area contributed by atoms with Crippen LogP contribution in [0.1, 0.15) is 43.0 Å². The van der Waals surface area contributed by atoms with Crippen LogP contribution in [0.5, 0.6) is 0 Å². The molecule has 1 saturated carbocycles. The summed E-state index contributed by atoms with van der Waals surface area (Å²) in [5, 5.41) is 14.4. The summed E-state index contributed by atoms with van der Waals surface area (Å²) in [4.78, 5) is 0.869. The molecule has 1 aromatic carbocycles. The molecule has 1 fully saturated rings. The average molecular weight is 299 g/mol. The van der Waals surface area contributed by atoms with E-state index in [1.54, 1.807) is 11.3 Å². The van der Waals surface area contributed by atoms with Crippen LogP contribution in [0, 0.1) is 6.92 Å². The Bertz CT molecular complexity index is 798. The summed E-state index contributed by atoms with van der Waals surface area (Å²) >= 11 is 1.58. The maximum absolute atomic E-state index is 6.00. The van der Waals surface area contributed by atoms with Gasteiger partial charge in [-0.15, -0.1) is 10.2 Å². The minimum absolute atomic E-state index is 0.511. The van der Waals surface area contributed by atoms with E-state index in [0.29, 0.717) is 5.92 Å². The zero-order valence-electron chi connectivity index (χ0n) is 11.9. The number of hydrogen-bond acceptors (Lipinski definition) is 5. The van der Waals surface area contributed by atoms with E-state index in [4.69, 9.17) is 10.8 Å². The van der Waals surface area contributed by atoms with Crippen LogP contribution in [0.25, 0.3) is 15.5 Å². The first-order chi connectivity index (χ1) is 10.2. The Morgan fingerprint density at radius 2 is 2.05 bits per heavy atom. The van der Waals surface area contributed by atoms with Crippen molar-refractivity contribution in [2.24, 2.45) is 0 Å². The molecule has 21 heavy (non-hydrogen) atoms. The largest absolute Gasteiger partial charge is 0.398 e. The van der Waals surface area contributed by atoms with Crippen molar-refractivity contribution < 1.29 is 0 Å². The molecule has 1 aliphatic rings. The summed E-state index contributed by atoms with van der Waals surface area (Å²) in [6.45, 7) is 2.03.